The summed E-state index contributed by atoms with van der Waals surface area (Å²) in [6.07, 6.45) is 6.29. The highest BCUT2D eigenvalue weighted by Gasteiger charge is 2.30. The van der Waals surface area contributed by atoms with Crippen molar-refractivity contribution < 1.29 is 13.2 Å². The predicted molar refractivity (Wildman–Crippen MR) is 106 cm³/mol. The SMILES string of the molecule is COc1ccc(-c2n[nH]c(=O)c3c2CCCC3)cc1S(=O)(=O)N1CCCCC1. The Kier molecular flexibility index (Phi) is 5.25. The lowest BCUT2D eigenvalue weighted by Crippen LogP contribution is -2.35. The van der Waals surface area contributed by atoms with E-state index in [4.69, 9.17) is 4.74 Å². The van der Waals surface area contributed by atoms with E-state index in [9.17, 15) is 13.2 Å². The molecule has 1 N–H and O–H groups in total. The van der Waals surface area contributed by atoms with E-state index in [0.717, 1.165) is 56.1 Å². The Labute approximate surface area is 164 Å². The zero-order chi connectivity index (χ0) is 19.7. The molecule has 1 saturated heterocycles. The second-order valence-electron chi connectivity index (χ2n) is 7.40. The number of H-pyrrole nitrogens is 1. The van der Waals surface area contributed by atoms with Crippen LogP contribution in [0.15, 0.2) is 27.9 Å². The minimum absolute atomic E-state index is 0.145. The molecule has 1 aliphatic carbocycles. The Morgan fingerprint density at radius 1 is 1.04 bits per heavy atom. The topological polar surface area (TPSA) is 92.4 Å². The van der Waals surface area contributed by atoms with Gasteiger partial charge in [0.25, 0.3) is 5.56 Å². The van der Waals surface area contributed by atoms with Gasteiger partial charge in [-0.1, -0.05) is 6.42 Å². The molecule has 0 spiro atoms. The summed E-state index contributed by atoms with van der Waals surface area (Å²) in [5, 5.41) is 6.85. The van der Waals surface area contributed by atoms with Crippen LogP contribution in [0.4, 0.5) is 0 Å². The molecule has 0 saturated carbocycles. The van der Waals surface area contributed by atoms with Gasteiger partial charge in [0.15, 0.2) is 0 Å². The van der Waals surface area contributed by atoms with Crippen molar-refractivity contribution in [2.45, 2.75) is 49.8 Å². The molecule has 0 unspecified atom stereocenters. The van der Waals surface area contributed by atoms with E-state index >= 15 is 0 Å². The van der Waals surface area contributed by atoms with Crippen LogP contribution in [0.2, 0.25) is 0 Å². The zero-order valence-corrected chi connectivity index (χ0v) is 16.8. The first-order valence-corrected chi connectivity index (χ1v) is 11.3. The number of hydrogen-bond acceptors (Lipinski definition) is 5. The summed E-state index contributed by atoms with van der Waals surface area (Å²) >= 11 is 0. The first kappa shape index (κ1) is 19.1. The summed E-state index contributed by atoms with van der Waals surface area (Å²) < 4.78 is 33.4. The van der Waals surface area contributed by atoms with Gasteiger partial charge in [-0.3, -0.25) is 4.79 Å². The minimum Gasteiger partial charge on any atom is -0.495 e. The molecule has 0 bridgehead atoms. The Hall–Kier alpha value is -2.19. The van der Waals surface area contributed by atoms with Crippen LogP contribution in [0.1, 0.15) is 43.2 Å². The first-order valence-electron chi connectivity index (χ1n) is 9.81. The molecule has 2 heterocycles. The number of nitrogens with zero attached hydrogens (tertiary/aromatic N) is 2. The molecule has 1 aliphatic heterocycles. The maximum absolute atomic E-state index is 13.3. The van der Waals surface area contributed by atoms with E-state index in [1.165, 1.54) is 11.4 Å². The number of nitrogens with one attached hydrogen (secondary N) is 1. The van der Waals surface area contributed by atoms with Crippen molar-refractivity contribution in [2.75, 3.05) is 20.2 Å². The van der Waals surface area contributed by atoms with Crippen LogP contribution in [0, 0.1) is 0 Å². The summed E-state index contributed by atoms with van der Waals surface area (Å²) in [5.41, 5.74) is 2.90. The highest BCUT2D eigenvalue weighted by atomic mass is 32.2. The molecule has 1 fully saturated rings. The second kappa shape index (κ2) is 7.67. The highest BCUT2D eigenvalue weighted by Crippen LogP contribution is 2.34. The van der Waals surface area contributed by atoms with Crippen LogP contribution >= 0.6 is 0 Å². The van der Waals surface area contributed by atoms with Crippen molar-refractivity contribution in [3.8, 4) is 17.0 Å². The molecule has 7 nitrogen and oxygen atoms in total. The molecular formula is C20H25N3O4S. The van der Waals surface area contributed by atoms with E-state index in [1.54, 1.807) is 12.1 Å². The standard InChI is InChI=1S/C20H25N3O4S/c1-27-17-10-9-14(13-18(17)28(25,26)23-11-5-2-6-12-23)19-15-7-3-4-8-16(15)20(24)22-21-19/h9-10,13H,2-8,11-12H2,1H3,(H,22,24). The first-order chi connectivity index (χ1) is 13.5. The average molecular weight is 404 g/mol. The van der Waals surface area contributed by atoms with E-state index in [2.05, 4.69) is 10.2 Å². The largest absolute Gasteiger partial charge is 0.495 e. The third-order valence-corrected chi connectivity index (χ3v) is 7.59. The van der Waals surface area contributed by atoms with Gasteiger partial charge in [0.1, 0.15) is 10.6 Å². The molecule has 0 atom stereocenters. The van der Waals surface area contributed by atoms with Crippen molar-refractivity contribution in [1.82, 2.24) is 14.5 Å². The molecule has 150 valence electrons. The monoisotopic (exact) mass is 403 g/mol. The summed E-state index contributed by atoms with van der Waals surface area (Å²) in [4.78, 5) is 12.3. The van der Waals surface area contributed by atoms with Crippen LogP contribution in [-0.4, -0.2) is 43.1 Å². The zero-order valence-electron chi connectivity index (χ0n) is 16.0. The van der Waals surface area contributed by atoms with Crippen LogP contribution in [0.25, 0.3) is 11.3 Å². The van der Waals surface area contributed by atoms with Crippen LogP contribution in [-0.2, 0) is 22.9 Å². The summed E-state index contributed by atoms with van der Waals surface area (Å²) in [5.74, 6) is 0.326. The number of benzene rings is 1. The third-order valence-electron chi connectivity index (χ3n) is 5.67. The summed E-state index contributed by atoms with van der Waals surface area (Å²) in [6.45, 7) is 1.06. The smallest absolute Gasteiger partial charge is 0.267 e. The number of aromatic nitrogens is 2. The number of aromatic amines is 1. The third kappa shape index (κ3) is 3.35. The number of fused-ring (bicyclic) bond motifs is 1. The van der Waals surface area contributed by atoms with E-state index in [1.807, 2.05) is 6.07 Å². The lowest BCUT2D eigenvalue weighted by Gasteiger charge is -2.27. The summed E-state index contributed by atoms with van der Waals surface area (Å²) in [7, 11) is -2.18. The Bertz CT molecular complexity index is 1040. The number of sulfonamides is 1. The van der Waals surface area contributed by atoms with Gasteiger partial charge in [-0.15, -0.1) is 0 Å². The fourth-order valence-corrected chi connectivity index (χ4v) is 5.87. The maximum Gasteiger partial charge on any atom is 0.267 e. The van der Waals surface area contributed by atoms with Crippen LogP contribution in [0.5, 0.6) is 5.75 Å². The quantitative estimate of drug-likeness (QED) is 0.847. The number of methoxy groups -OCH3 is 1. The van der Waals surface area contributed by atoms with Crippen molar-refractivity contribution >= 4 is 10.0 Å². The van der Waals surface area contributed by atoms with Gasteiger partial charge >= 0.3 is 0 Å². The van der Waals surface area contributed by atoms with E-state index in [-0.39, 0.29) is 10.5 Å². The number of hydrogen-bond donors (Lipinski definition) is 1. The van der Waals surface area contributed by atoms with Gasteiger partial charge in [0.05, 0.1) is 12.8 Å². The van der Waals surface area contributed by atoms with Gasteiger partial charge < -0.3 is 4.74 Å². The molecule has 0 radical (unpaired) electrons. The van der Waals surface area contributed by atoms with Crippen molar-refractivity contribution in [2.24, 2.45) is 0 Å². The molecule has 4 rings (SSSR count). The van der Waals surface area contributed by atoms with Gasteiger partial charge in [0.2, 0.25) is 10.0 Å². The van der Waals surface area contributed by atoms with Crippen molar-refractivity contribution in [3.63, 3.8) is 0 Å². The number of ether oxygens (including phenoxy) is 1. The second-order valence-corrected chi connectivity index (χ2v) is 9.30. The van der Waals surface area contributed by atoms with Crippen molar-refractivity contribution in [1.29, 1.82) is 0 Å². The fourth-order valence-electron chi connectivity index (χ4n) is 4.17. The van der Waals surface area contributed by atoms with Crippen LogP contribution in [0.3, 0.4) is 0 Å². The van der Waals surface area contributed by atoms with E-state index in [0.29, 0.717) is 30.1 Å². The molecule has 1 aromatic heterocycles. The molecular weight excluding hydrogens is 378 g/mol. The molecule has 1 aromatic carbocycles. The summed E-state index contributed by atoms with van der Waals surface area (Å²) in [6, 6.07) is 5.12. The van der Waals surface area contributed by atoms with Crippen molar-refractivity contribution in [3.05, 3.63) is 39.7 Å². The minimum atomic E-state index is -3.66. The number of rotatable bonds is 4. The predicted octanol–water partition coefficient (Wildman–Crippen LogP) is 2.50. The van der Waals surface area contributed by atoms with Gasteiger partial charge in [-0.25, -0.2) is 13.5 Å². The Balaban J connectivity index is 1.83. The maximum atomic E-state index is 13.3. The normalized spacial score (nSPS) is 17.9. The molecule has 0 amide bonds. The highest BCUT2D eigenvalue weighted by molar-refractivity contribution is 7.89. The Morgan fingerprint density at radius 2 is 1.75 bits per heavy atom. The number of piperidine rings is 1. The average Bonchev–Trinajstić information content (AvgIpc) is 2.74. The van der Waals surface area contributed by atoms with Gasteiger partial charge in [0, 0.05) is 24.2 Å². The van der Waals surface area contributed by atoms with Crippen LogP contribution < -0.4 is 10.3 Å². The Morgan fingerprint density at radius 3 is 2.46 bits per heavy atom. The van der Waals surface area contributed by atoms with E-state index < -0.39 is 10.0 Å². The molecule has 28 heavy (non-hydrogen) atoms. The molecule has 8 heteroatoms. The van der Waals surface area contributed by atoms with Gasteiger partial charge in [-0.05, 0) is 62.3 Å². The van der Waals surface area contributed by atoms with Gasteiger partial charge in [-0.2, -0.15) is 9.40 Å². The lowest BCUT2D eigenvalue weighted by molar-refractivity contribution is 0.343. The lowest BCUT2D eigenvalue weighted by atomic mass is 9.90. The fraction of sp³-hybridized carbons (Fsp3) is 0.500. The molecule has 2 aromatic rings. The molecule has 2 aliphatic rings.